The number of nitrogens with zero attached hydrogens (tertiary/aromatic N) is 5. The first-order valence-corrected chi connectivity index (χ1v) is 11.8. The molecule has 0 unspecified atom stereocenters. The molecule has 2 aromatic carbocycles. The van der Waals surface area contributed by atoms with Crippen molar-refractivity contribution in [3.05, 3.63) is 59.8 Å². The van der Waals surface area contributed by atoms with E-state index in [1.807, 2.05) is 42.1 Å². The van der Waals surface area contributed by atoms with Crippen LogP contribution in [-0.4, -0.2) is 35.5 Å². The Balaban J connectivity index is 1.32. The maximum atomic E-state index is 11.5. The summed E-state index contributed by atoms with van der Waals surface area (Å²) in [7, 11) is 0. The van der Waals surface area contributed by atoms with E-state index >= 15 is 0 Å². The molecular formula is C26H23ClN6O2. The van der Waals surface area contributed by atoms with E-state index in [4.69, 9.17) is 21.3 Å². The molecule has 0 saturated heterocycles. The topological polar surface area (TPSA) is 98.6 Å². The summed E-state index contributed by atoms with van der Waals surface area (Å²) in [5.74, 6) is 2.57. The number of H-pyrrole nitrogens is 1. The second-order valence-corrected chi connectivity index (χ2v) is 9.95. The molecule has 0 bridgehead atoms. The number of aryl methyl sites for hydroxylation is 1. The number of aromatic amines is 1. The maximum absolute atomic E-state index is 11.5. The predicted octanol–water partition coefficient (Wildman–Crippen LogP) is 5.84. The number of carbonyl (C=O) groups excluding carboxylic acids is 1. The molecule has 0 aliphatic heterocycles. The fourth-order valence-electron chi connectivity index (χ4n) is 4.50. The van der Waals surface area contributed by atoms with Gasteiger partial charge in [0.25, 0.3) is 0 Å². The molecule has 0 radical (unpaired) electrons. The van der Waals surface area contributed by atoms with Gasteiger partial charge in [-0.25, -0.2) is 9.97 Å². The number of imidazole rings is 1. The van der Waals surface area contributed by atoms with Crippen LogP contribution >= 0.6 is 11.6 Å². The molecule has 1 saturated carbocycles. The molecule has 9 heteroatoms. The first-order valence-electron chi connectivity index (χ1n) is 11.4. The van der Waals surface area contributed by atoms with Crippen molar-refractivity contribution in [2.24, 2.45) is 5.92 Å². The summed E-state index contributed by atoms with van der Waals surface area (Å²) >= 11 is 6.73. The number of benzene rings is 2. The minimum Gasteiger partial charge on any atom is -0.456 e. The van der Waals surface area contributed by atoms with E-state index < -0.39 is 0 Å². The minimum atomic E-state index is -0.261. The summed E-state index contributed by atoms with van der Waals surface area (Å²) < 4.78 is 8.01. The van der Waals surface area contributed by atoms with Crippen LogP contribution in [0.3, 0.4) is 0 Å². The molecule has 0 amide bonds. The highest BCUT2D eigenvalue weighted by atomic mass is 35.5. The zero-order valence-electron chi connectivity index (χ0n) is 19.5. The van der Waals surface area contributed by atoms with Crippen LogP contribution in [0.15, 0.2) is 48.9 Å². The monoisotopic (exact) mass is 486 g/mol. The largest absolute Gasteiger partial charge is 0.456 e. The Morgan fingerprint density at radius 2 is 1.91 bits per heavy atom. The minimum absolute atomic E-state index is 0.261. The van der Waals surface area contributed by atoms with Crippen molar-refractivity contribution in [2.45, 2.75) is 39.2 Å². The van der Waals surface area contributed by atoms with Crippen molar-refractivity contribution < 1.29 is 9.53 Å². The van der Waals surface area contributed by atoms with E-state index in [2.05, 4.69) is 33.9 Å². The molecular weight excluding hydrogens is 464 g/mol. The van der Waals surface area contributed by atoms with Gasteiger partial charge in [0.2, 0.25) is 0 Å². The molecule has 5 aromatic rings. The molecule has 8 nitrogen and oxygen atoms in total. The Kier molecular flexibility index (Phi) is 4.89. The highest BCUT2D eigenvalue weighted by Crippen LogP contribution is 2.39. The summed E-state index contributed by atoms with van der Waals surface area (Å²) in [5.41, 5.74) is 4.23. The number of ether oxygens (including phenoxy) is 1. The first kappa shape index (κ1) is 21.7. The Morgan fingerprint density at radius 3 is 2.71 bits per heavy atom. The summed E-state index contributed by atoms with van der Waals surface area (Å²) in [4.78, 5) is 28.5. The summed E-state index contributed by atoms with van der Waals surface area (Å²) in [5, 5.41) is 4.95. The van der Waals surface area contributed by atoms with Crippen LogP contribution in [0.5, 0.6) is 11.5 Å². The number of halogens is 1. The number of Topliss-reactive ketones (excluding diaryl/α,β-unsaturated/α-hetero) is 1. The van der Waals surface area contributed by atoms with E-state index in [9.17, 15) is 4.79 Å². The zero-order valence-corrected chi connectivity index (χ0v) is 20.3. The lowest BCUT2D eigenvalue weighted by Crippen LogP contribution is -2.43. The van der Waals surface area contributed by atoms with Gasteiger partial charge >= 0.3 is 0 Å². The fourth-order valence-corrected chi connectivity index (χ4v) is 4.74. The lowest BCUT2D eigenvalue weighted by atomic mass is 9.72. The number of nitrogens with one attached hydrogen (secondary N) is 1. The SMILES string of the molecule is Cc1nc2ccc(Oc3ccc4ncc(-c5cnn(C(C)(C)C6CC(=O)C6)c5)nc4c3Cl)cc2[nH]1. The molecule has 1 N–H and O–H groups in total. The average Bonchev–Trinajstić information content (AvgIpc) is 3.45. The van der Waals surface area contributed by atoms with Gasteiger partial charge in [0, 0.05) is 30.7 Å². The van der Waals surface area contributed by atoms with Crippen molar-refractivity contribution in [3.63, 3.8) is 0 Å². The second-order valence-electron chi connectivity index (χ2n) is 9.57. The Bertz CT molecular complexity index is 1610. The Labute approximate surface area is 206 Å². The van der Waals surface area contributed by atoms with Gasteiger partial charge in [-0.2, -0.15) is 5.10 Å². The van der Waals surface area contributed by atoms with Crippen LogP contribution < -0.4 is 4.74 Å². The third-order valence-corrected chi connectivity index (χ3v) is 7.20. The number of hydrogen-bond acceptors (Lipinski definition) is 6. The molecule has 3 heterocycles. The van der Waals surface area contributed by atoms with Crippen LogP contribution in [0.1, 0.15) is 32.5 Å². The van der Waals surface area contributed by atoms with E-state index in [1.54, 1.807) is 18.5 Å². The van der Waals surface area contributed by atoms with Gasteiger partial charge < -0.3 is 9.72 Å². The summed E-state index contributed by atoms with van der Waals surface area (Å²) in [6.07, 6.45) is 6.64. The lowest BCUT2D eigenvalue weighted by molar-refractivity contribution is -0.130. The first-order chi connectivity index (χ1) is 16.8. The van der Waals surface area contributed by atoms with Gasteiger partial charge in [-0.3, -0.25) is 14.5 Å². The highest BCUT2D eigenvalue weighted by Gasteiger charge is 2.40. The van der Waals surface area contributed by atoms with Crippen LogP contribution in [0, 0.1) is 12.8 Å². The van der Waals surface area contributed by atoms with Gasteiger partial charge in [0.05, 0.1) is 40.2 Å². The van der Waals surface area contributed by atoms with Gasteiger partial charge in [-0.1, -0.05) is 11.6 Å². The van der Waals surface area contributed by atoms with E-state index in [0.29, 0.717) is 51.9 Å². The number of fused-ring (bicyclic) bond motifs is 2. The number of carbonyl (C=O) groups is 1. The van der Waals surface area contributed by atoms with E-state index in [-0.39, 0.29) is 11.5 Å². The molecule has 1 aliphatic carbocycles. The number of aromatic nitrogens is 6. The Hall–Kier alpha value is -3.78. The zero-order chi connectivity index (χ0) is 24.3. The fraction of sp³-hybridized carbons (Fsp3) is 0.269. The van der Waals surface area contributed by atoms with Gasteiger partial charge in [-0.05, 0) is 51.0 Å². The predicted molar refractivity (Wildman–Crippen MR) is 134 cm³/mol. The number of ketones is 1. The highest BCUT2D eigenvalue weighted by molar-refractivity contribution is 6.36. The third-order valence-electron chi connectivity index (χ3n) is 6.83. The van der Waals surface area contributed by atoms with Gasteiger partial charge in [0.15, 0.2) is 0 Å². The molecule has 1 aliphatic rings. The number of hydrogen-bond donors (Lipinski definition) is 1. The molecule has 0 spiro atoms. The summed E-state index contributed by atoms with van der Waals surface area (Å²) in [6.45, 7) is 6.13. The molecule has 176 valence electrons. The molecule has 1 fully saturated rings. The quantitative estimate of drug-likeness (QED) is 0.335. The molecule has 0 atom stereocenters. The van der Waals surface area contributed by atoms with Gasteiger partial charge in [0.1, 0.15) is 33.6 Å². The van der Waals surface area contributed by atoms with Crippen molar-refractivity contribution in [3.8, 4) is 22.8 Å². The van der Waals surface area contributed by atoms with Crippen LogP contribution in [0.25, 0.3) is 33.3 Å². The molecule has 6 rings (SSSR count). The Morgan fingerprint density at radius 1 is 1.11 bits per heavy atom. The van der Waals surface area contributed by atoms with Crippen molar-refractivity contribution in [1.29, 1.82) is 0 Å². The van der Waals surface area contributed by atoms with E-state index in [0.717, 1.165) is 22.4 Å². The summed E-state index contributed by atoms with van der Waals surface area (Å²) in [6, 6.07) is 9.29. The van der Waals surface area contributed by atoms with Crippen molar-refractivity contribution in [2.75, 3.05) is 0 Å². The smallest absolute Gasteiger partial charge is 0.148 e. The standard InChI is InChI=1S/C26H23ClN6O2/c1-14-30-19-5-4-18(10-21(19)31-14)35-23-7-6-20-25(24(23)27)32-22(12-28-20)15-11-29-33(13-15)26(2,3)16-8-17(34)9-16/h4-7,10-13,16H,8-9H2,1-3H3,(H,30,31). The van der Waals surface area contributed by atoms with Crippen LogP contribution in [-0.2, 0) is 10.3 Å². The number of rotatable bonds is 5. The third kappa shape index (κ3) is 3.74. The normalized spacial score (nSPS) is 14.6. The van der Waals surface area contributed by atoms with Crippen molar-refractivity contribution in [1.82, 2.24) is 29.7 Å². The van der Waals surface area contributed by atoms with E-state index in [1.165, 1.54) is 0 Å². The van der Waals surface area contributed by atoms with Gasteiger partial charge in [-0.15, -0.1) is 0 Å². The van der Waals surface area contributed by atoms with Crippen LogP contribution in [0.2, 0.25) is 5.02 Å². The average molecular weight is 487 g/mol. The van der Waals surface area contributed by atoms with Crippen molar-refractivity contribution >= 4 is 39.5 Å². The molecule has 35 heavy (non-hydrogen) atoms. The lowest BCUT2D eigenvalue weighted by Gasteiger charge is -2.39. The second kappa shape index (κ2) is 7.88. The maximum Gasteiger partial charge on any atom is 0.148 e. The van der Waals surface area contributed by atoms with Crippen LogP contribution in [0.4, 0.5) is 0 Å². The molecule has 3 aromatic heterocycles.